The number of ether oxygens (including phenoxy) is 1. The first kappa shape index (κ1) is 16.8. The van der Waals surface area contributed by atoms with Crippen molar-refractivity contribution >= 4 is 5.91 Å². The Morgan fingerprint density at radius 1 is 1.32 bits per heavy atom. The summed E-state index contributed by atoms with van der Waals surface area (Å²) in [4.78, 5) is 14.7. The van der Waals surface area contributed by atoms with Gasteiger partial charge in [-0.05, 0) is 76.5 Å². The summed E-state index contributed by atoms with van der Waals surface area (Å²) in [7, 11) is 2.12. The van der Waals surface area contributed by atoms with Crippen LogP contribution in [-0.4, -0.2) is 43.1 Å². The third-order valence-electron chi connectivity index (χ3n) is 4.48. The molecule has 1 aromatic rings. The van der Waals surface area contributed by atoms with Crippen molar-refractivity contribution in [2.75, 3.05) is 20.1 Å². The fourth-order valence-corrected chi connectivity index (χ4v) is 2.72. The van der Waals surface area contributed by atoms with Crippen LogP contribution in [0.1, 0.15) is 37.3 Å². The third kappa shape index (κ3) is 4.47. The highest BCUT2D eigenvalue weighted by atomic mass is 16.5. The summed E-state index contributed by atoms with van der Waals surface area (Å²) in [6.07, 6.45) is 2.29. The van der Waals surface area contributed by atoms with Crippen LogP contribution in [0.5, 0.6) is 5.75 Å². The second-order valence-corrected chi connectivity index (χ2v) is 6.35. The van der Waals surface area contributed by atoms with Crippen molar-refractivity contribution in [2.24, 2.45) is 0 Å². The van der Waals surface area contributed by atoms with Gasteiger partial charge in [-0.3, -0.25) is 4.79 Å². The summed E-state index contributed by atoms with van der Waals surface area (Å²) in [5.74, 6) is 0.781. The van der Waals surface area contributed by atoms with Crippen molar-refractivity contribution in [3.05, 3.63) is 29.3 Å². The lowest BCUT2D eigenvalue weighted by Crippen LogP contribution is -2.47. The van der Waals surface area contributed by atoms with Gasteiger partial charge in [0.25, 0.3) is 5.91 Å². The number of aryl methyl sites for hydroxylation is 2. The predicted molar refractivity (Wildman–Crippen MR) is 89.3 cm³/mol. The van der Waals surface area contributed by atoms with E-state index in [1.54, 1.807) is 0 Å². The van der Waals surface area contributed by atoms with Gasteiger partial charge in [0.2, 0.25) is 0 Å². The summed E-state index contributed by atoms with van der Waals surface area (Å²) < 4.78 is 5.90. The molecule has 1 atom stereocenters. The molecule has 122 valence electrons. The van der Waals surface area contributed by atoms with Gasteiger partial charge in [-0.2, -0.15) is 0 Å². The average Bonchev–Trinajstić information content (AvgIpc) is 2.50. The molecule has 2 rings (SSSR count). The molecule has 0 saturated carbocycles. The van der Waals surface area contributed by atoms with Gasteiger partial charge >= 0.3 is 0 Å². The lowest BCUT2D eigenvalue weighted by molar-refractivity contribution is -0.129. The van der Waals surface area contributed by atoms with E-state index in [1.807, 2.05) is 25.1 Å². The van der Waals surface area contributed by atoms with Crippen molar-refractivity contribution < 1.29 is 9.53 Å². The molecular formula is C18H28N2O2. The van der Waals surface area contributed by atoms with Gasteiger partial charge in [0.1, 0.15) is 5.75 Å². The summed E-state index contributed by atoms with van der Waals surface area (Å²) in [6, 6.07) is 6.25. The number of nitrogens with one attached hydrogen (secondary N) is 1. The van der Waals surface area contributed by atoms with Crippen molar-refractivity contribution in [1.29, 1.82) is 0 Å². The fraction of sp³-hybridized carbons (Fsp3) is 0.611. The normalized spacial score (nSPS) is 18.0. The zero-order chi connectivity index (χ0) is 16.1. The molecule has 1 heterocycles. The second-order valence-electron chi connectivity index (χ2n) is 6.35. The van der Waals surface area contributed by atoms with E-state index in [1.165, 1.54) is 11.1 Å². The van der Waals surface area contributed by atoms with Gasteiger partial charge in [-0.15, -0.1) is 0 Å². The molecule has 1 fully saturated rings. The number of carbonyl (C=O) groups is 1. The molecule has 1 aliphatic rings. The second kappa shape index (κ2) is 7.63. The summed E-state index contributed by atoms with van der Waals surface area (Å²) in [5, 5.41) is 3.15. The summed E-state index contributed by atoms with van der Waals surface area (Å²) in [5.41, 5.74) is 2.42. The Balaban J connectivity index is 1.92. The molecule has 0 radical (unpaired) electrons. The number of rotatable bonds is 5. The maximum Gasteiger partial charge on any atom is 0.261 e. The maximum atomic E-state index is 12.4. The van der Waals surface area contributed by atoms with E-state index in [4.69, 9.17) is 4.74 Å². The van der Waals surface area contributed by atoms with Crippen LogP contribution >= 0.6 is 0 Å². The van der Waals surface area contributed by atoms with Crippen LogP contribution in [0.15, 0.2) is 18.2 Å². The Bertz CT molecular complexity index is 508. The van der Waals surface area contributed by atoms with Crippen LogP contribution in [0.3, 0.4) is 0 Å². The van der Waals surface area contributed by atoms with Crippen LogP contribution < -0.4 is 10.1 Å². The summed E-state index contributed by atoms with van der Waals surface area (Å²) in [6.45, 7) is 8.20. The number of hydrogen-bond acceptors (Lipinski definition) is 3. The third-order valence-corrected chi connectivity index (χ3v) is 4.48. The Hall–Kier alpha value is -1.55. The Labute approximate surface area is 133 Å². The molecule has 0 aliphatic carbocycles. The molecular weight excluding hydrogens is 276 g/mol. The van der Waals surface area contributed by atoms with Crippen LogP contribution in [0.25, 0.3) is 0 Å². The molecule has 22 heavy (non-hydrogen) atoms. The van der Waals surface area contributed by atoms with Gasteiger partial charge in [0.15, 0.2) is 6.10 Å². The Morgan fingerprint density at radius 3 is 2.59 bits per heavy atom. The van der Waals surface area contributed by atoms with Crippen LogP contribution in [0, 0.1) is 13.8 Å². The average molecular weight is 304 g/mol. The number of nitrogens with zero attached hydrogens (tertiary/aromatic N) is 1. The highest BCUT2D eigenvalue weighted by molar-refractivity contribution is 5.81. The van der Waals surface area contributed by atoms with E-state index < -0.39 is 6.10 Å². The highest BCUT2D eigenvalue weighted by Crippen LogP contribution is 2.19. The standard InChI is InChI=1S/C18H28N2O2/c1-5-17(22-16-7-6-13(2)14(3)12-16)18(21)19-15-8-10-20(4)11-9-15/h6-7,12,15,17H,5,8-11H2,1-4H3,(H,19,21). The van der Waals surface area contributed by atoms with Gasteiger partial charge in [0.05, 0.1) is 0 Å². The maximum absolute atomic E-state index is 12.4. The van der Waals surface area contributed by atoms with Crippen LogP contribution in [0.4, 0.5) is 0 Å². The highest BCUT2D eigenvalue weighted by Gasteiger charge is 2.24. The SMILES string of the molecule is CCC(Oc1ccc(C)c(C)c1)C(=O)NC1CCN(C)CC1. The smallest absolute Gasteiger partial charge is 0.261 e. The molecule has 0 spiro atoms. The minimum absolute atomic E-state index is 0.00952. The van der Waals surface area contributed by atoms with Crippen LogP contribution in [0.2, 0.25) is 0 Å². The first-order chi connectivity index (χ1) is 10.5. The van der Waals surface area contributed by atoms with Crippen molar-refractivity contribution in [1.82, 2.24) is 10.2 Å². The van der Waals surface area contributed by atoms with E-state index in [0.29, 0.717) is 6.42 Å². The molecule has 1 unspecified atom stereocenters. The van der Waals surface area contributed by atoms with Crippen LogP contribution in [-0.2, 0) is 4.79 Å². The zero-order valence-corrected chi connectivity index (χ0v) is 14.2. The van der Waals surface area contributed by atoms with Gasteiger partial charge in [0, 0.05) is 6.04 Å². The Morgan fingerprint density at radius 2 is 2.00 bits per heavy atom. The summed E-state index contributed by atoms with van der Waals surface area (Å²) >= 11 is 0. The molecule has 1 N–H and O–H groups in total. The van der Waals surface area contributed by atoms with E-state index in [9.17, 15) is 4.79 Å². The van der Waals surface area contributed by atoms with E-state index in [2.05, 4.69) is 31.1 Å². The van der Waals surface area contributed by atoms with E-state index in [-0.39, 0.29) is 11.9 Å². The Kier molecular flexibility index (Phi) is 5.83. The minimum Gasteiger partial charge on any atom is -0.481 e. The molecule has 0 bridgehead atoms. The van der Waals surface area contributed by atoms with Crippen molar-refractivity contribution in [2.45, 2.75) is 52.2 Å². The van der Waals surface area contributed by atoms with Crippen molar-refractivity contribution in [3.8, 4) is 5.75 Å². The first-order valence-corrected chi connectivity index (χ1v) is 8.22. The number of piperidine rings is 1. The number of hydrogen-bond donors (Lipinski definition) is 1. The molecule has 0 aromatic heterocycles. The lowest BCUT2D eigenvalue weighted by Gasteiger charge is -2.30. The topological polar surface area (TPSA) is 41.6 Å². The molecule has 1 amide bonds. The molecule has 4 nitrogen and oxygen atoms in total. The van der Waals surface area contributed by atoms with Gasteiger partial charge in [-0.1, -0.05) is 13.0 Å². The fourth-order valence-electron chi connectivity index (χ4n) is 2.72. The number of carbonyl (C=O) groups excluding carboxylic acids is 1. The number of likely N-dealkylation sites (tertiary alicyclic amines) is 1. The molecule has 4 heteroatoms. The van der Waals surface area contributed by atoms with Gasteiger partial charge in [-0.25, -0.2) is 0 Å². The number of benzene rings is 1. The molecule has 1 saturated heterocycles. The number of amides is 1. The molecule has 1 aliphatic heterocycles. The van der Waals surface area contributed by atoms with Crippen molar-refractivity contribution in [3.63, 3.8) is 0 Å². The van der Waals surface area contributed by atoms with E-state index in [0.717, 1.165) is 31.7 Å². The quantitative estimate of drug-likeness (QED) is 0.909. The van der Waals surface area contributed by atoms with E-state index >= 15 is 0 Å². The zero-order valence-electron chi connectivity index (χ0n) is 14.2. The predicted octanol–water partition coefficient (Wildman–Crippen LogP) is 2.67. The van der Waals surface area contributed by atoms with Gasteiger partial charge < -0.3 is 15.0 Å². The lowest BCUT2D eigenvalue weighted by atomic mass is 10.1. The largest absolute Gasteiger partial charge is 0.481 e. The first-order valence-electron chi connectivity index (χ1n) is 8.22. The molecule has 1 aromatic carbocycles. The monoisotopic (exact) mass is 304 g/mol. The minimum atomic E-state index is -0.415.